The summed E-state index contributed by atoms with van der Waals surface area (Å²) < 4.78 is 13.2. The van der Waals surface area contributed by atoms with Crippen LogP contribution in [0.4, 0.5) is 4.39 Å². The zero-order valence-corrected chi connectivity index (χ0v) is 9.45. The normalized spacial score (nSPS) is 19.6. The number of piperidine rings is 1. The number of benzene rings is 1. The van der Waals surface area contributed by atoms with Gasteiger partial charge in [-0.1, -0.05) is 12.1 Å². The molecule has 0 spiro atoms. The highest BCUT2D eigenvalue weighted by atomic mass is 19.1. The molecule has 1 unspecified atom stereocenters. The van der Waals surface area contributed by atoms with Crippen LogP contribution in [0.3, 0.4) is 0 Å². The van der Waals surface area contributed by atoms with E-state index < -0.39 is 0 Å². The van der Waals surface area contributed by atoms with Crippen LogP contribution in [0.1, 0.15) is 24.3 Å². The molecule has 0 aliphatic carbocycles. The Balaban J connectivity index is 2.14. The monoisotopic (exact) mass is 222 g/mol. The molecule has 2 rings (SSSR count). The van der Waals surface area contributed by atoms with Crippen LogP contribution in [0.2, 0.25) is 0 Å². The lowest BCUT2D eigenvalue weighted by atomic mass is 9.80. The molecular weight excluding hydrogens is 203 g/mol. The molecule has 1 saturated heterocycles. The number of hydrogen-bond acceptors (Lipinski definition) is 2. The van der Waals surface area contributed by atoms with Crippen LogP contribution in [0, 0.1) is 11.7 Å². The number of rotatable bonds is 3. The second-order valence-electron chi connectivity index (χ2n) is 4.48. The second kappa shape index (κ2) is 5.41. The van der Waals surface area contributed by atoms with E-state index in [1.807, 2.05) is 6.07 Å². The van der Waals surface area contributed by atoms with Crippen molar-refractivity contribution < 1.29 is 4.39 Å². The molecule has 3 heteroatoms. The molecule has 88 valence electrons. The van der Waals surface area contributed by atoms with Gasteiger partial charge in [0.25, 0.3) is 0 Å². The van der Waals surface area contributed by atoms with Gasteiger partial charge in [0.05, 0.1) is 0 Å². The highest BCUT2D eigenvalue weighted by Gasteiger charge is 2.23. The van der Waals surface area contributed by atoms with Gasteiger partial charge in [-0.2, -0.15) is 0 Å². The summed E-state index contributed by atoms with van der Waals surface area (Å²) in [5.41, 5.74) is 6.89. The van der Waals surface area contributed by atoms with Crippen LogP contribution in [-0.4, -0.2) is 19.6 Å². The predicted octanol–water partition coefficient (Wildman–Crippen LogP) is 1.87. The second-order valence-corrected chi connectivity index (χ2v) is 4.48. The molecule has 1 aliphatic heterocycles. The molecule has 1 aromatic carbocycles. The third kappa shape index (κ3) is 2.60. The highest BCUT2D eigenvalue weighted by Crippen LogP contribution is 2.30. The summed E-state index contributed by atoms with van der Waals surface area (Å²) in [7, 11) is 0. The van der Waals surface area contributed by atoms with Crippen molar-refractivity contribution in [2.75, 3.05) is 19.6 Å². The molecule has 16 heavy (non-hydrogen) atoms. The quantitative estimate of drug-likeness (QED) is 0.819. The van der Waals surface area contributed by atoms with E-state index in [4.69, 9.17) is 5.73 Å². The Morgan fingerprint density at radius 2 is 2.12 bits per heavy atom. The van der Waals surface area contributed by atoms with Crippen molar-refractivity contribution >= 4 is 0 Å². The molecule has 0 amide bonds. The summed E-state index contributed by atoms with van der Waals surface area (Å²) in [6, 6.07) is 6.87. The van der Waals surface area contributed by atoms with Crippen LogP contribution in [0.25, 0.3) is 0 Å². The number of nitrogens with two attached hydrogens (primary N) is 1. The lowest BCUT2D eigenvalue weighted by Crippen LogP contribution is -2.33. The SMILES string of the molecule is NCC(c1cccc(F)c1)C1CCNCC1. The maximum absolute atomic E-state index is 13.2. The van der Waals surface area contributed by atoms with Gasteiger partial charge in [0.1, 0.15) is 5.82 Å². The van der Waals surface area contributed by atoms with Crippen molar-refractivity contribution in [3.05, 3.63) is 35.6 Å². The first-order valence-corrected chi connectivity index (χ1v) is 5.97. The molecule has 3 N–H and O–H groups in total. The van der Waals surface area contributed by atoms with Gasteiger partial charge in [0, 0.05) is 0 Å². The van der Waals surface area contributed by atoms with Crippen molar-refractivity contribution in [1.29, 1.82) is 0 Å². The Bertz CT molecular complexity index is 334. The average molecular weight is 222 g/mol. The van der Waals surface area contributed by atoms with Crippen LogP contribution < -0.4 is 11.1 Å². The van der Waals surface area contributed by atoms with Crippen molar-refractivity contribution in [3.8, 4) is 0 Å². The fraction of sp³-hybridized carbons (Fsp3) is 0.538. The van der Waals surface area contributed by atoms with Gasteiger partial charge in [-0.05, 0) is 62.0 Å². The van der Waals surface area contributed by atoms with Gasteiger partial charge < -0.3 is 11.1 Å². The largest absolute Gasteiger partial charge is 0.330 e. The number of halogens is 1. The highest BCUT2D eigenvalue weighted by molar-refractivity contribution is 5.22. The lowest BCUT2D eigenvalue weighted by Gasteiger charge is -2.30. The fourth-order valence-corrected chi connectivity index (χ4v) is 2.58. The van der Waals surface area contributed by atoms with E-state index in [2.05, 4.69) is 5.32 Å². The molecule has 2 nitrogen and oxygen atoms in total. The van der Waals surface area contributed by atoms with E-state index in [-0.39, 0.29) is 5.82 Å². The maximum atomic E-state index is 13.2. The Labute approximate surface area is 96.0 Å². The fourth-order valence-electron chi connectivity index (χ4n) is 2.58. The minimum atomic E-state index is -0.162. The third-order valence-corrected chi connectivity index (χ3v) is 3.48. The smallest absolute Gasteiger partial charge is 0.123 e. The zero-order valence-electron chi connectivity index (χ0n) is 9.45. The molecule has 1 aliphatic rings. The van der Waals surface area contributed by atoms with Crippen molar-refractivity contribution in [1.82, 2.24) is 5.32 Å². The first-order chi connectivity index (χ1) is 7.81. The van der Waals surface area contributed by atoms with E-state index >= 15 is 0 Å². The van der Waals surface area contributed by atoms with Gasteiger partial charge in [-0.3, -0.25) is 0 Å². The summed E-state index contributed by atoms with van der Waals surface area (Å²) in [6.07, 6.45) is 2.27. The standard InChI is InChI=1S/C13H19FN2/c14-12-3-1-2-11(8-12)13(9-15)10-4-6-16-7-5-10/h1-3,8,10,13,16H,4-7,9,15H2. The third-order valence-electron chi connectivity index (χ3n) is 3.48. The summed E-state index contributed by atoms with van der Waals surface area (Å²) in [6.45, 7) is 2.71. The van der Waals surface area contributed by atoms with Crippen molar-refractivity contribution in [2.24, 2.45) is 11.7 Å². The number of hydrogen-bond donors (Lipinski definition) is 2. The molecule has 0 radical (unpaired) electrons. The minimum Gasteiger partial charge on any atom is -0.330 e. The Morgan fingerprint density at radius 1 is 1.38 bits per heavy atom. The molecule has 0 aromatic heterocycles. The topological polar surface area (TPSA) is 38.0 Å². The van der Waals surface area contributed by atoms with E-state index in [1.54, 1.807) is 12.1 Å². The average Bonchev–Trinajstić information content (AvgIpc) is 2.31. The Hall–Kier alpha value is -0.930. The van der Waals surface area contributed by atoms with E-state index in [0.717, 1.165) is 31.5 Å². The van der Waals surface area contributed by atoms with Crippen LogP contribution in [-0.2, 0) is 0 Å². The van der Waals surface area contributed by atoms with Crippen molar-refractivity contribution in [3.63, 3.8) is 0 Å². The molecule has 0 saturated carbocycles. The Kier molecular flexibility index (Phi) is 3.91. The van der Waals surface area contributed by atoms with Crippen LogP contribution >= 0.6 is 0 Å². The molecule has 1 fully saturated rings. The predicted molar refractivity (Wildman–Crippen MR) is 63.8 cm³/mol. The van der Waals surface area contributed by atoms with Crippen molar-refractivity contribution in [2.45, 2.75) is 18.8 Å². The zero-order chi connectivity index (χ0) is 11.4. The van der Waals surface area contributed by atoms with Crippen LogP contribution in [0.5, 0.6) is 0 Å². The van der Waals surface area contributed by atoms with E-state index in [9.17, 15) is 4.39 Å². The van der Waals surface area contributed by atoms with E-state index in [0.29, 0.717) is 18.4 Å². The molecular formula is C13H19FN2. The number of nitrogens with one attached hydrogen (secondary N) is 1. The Morgan fingerprint density at radius 3 is 2.75 bits per heavy atom. The first-order valence-electron chi connectivity index (χ1n) is 5.97. The van der Waals surface area contributed by atoms with Gasteiger partial charge in [0.2, 0.25) is 0 Å². The summed E-state index contributed by atoms with van der Waals surface area (Å²) in [5, 5.41) is 3.34. The summed E-state index contributed by atoms with van der Waals surface area (Å²) in [5.74, 6) is 0.732. The summed E-state index contributed by atoms with van der Waals surface area (Å²) >= 11 is 0. The van der Waals surface area contributed by atoms with E-state index in [1.165, 1.54) is 6.07 Å². The minimum absolute atomic E-state index is 0.162. The molecule has 1 atom stereocenters. The van der Waals surface area contributed by atoms with Gasteiger partial charge >= 0.3 is 0 Å². The summed E-state index contributed by atoms with van der Waals surface area (Å²) in [4.78, 5) is 0. The molecule has 1 heterocycles. The first kappa shape index (κ1) is 11.6. The molecule has 1 aromatic rings. The van der Waals surface area contributed by atoms with Crippen LogP contribution in [0.15, 0.2) is 24.3 Å². The molecule has 0 bridgehead atoms. The maximum Gasteiger partial charge on any atom is 0.123 e. The van der Waals surface area contributed by atoms with Gasteiger partial charge in [-0.15, -0.1) is 0 Å². The lowest BCUT2D eigenvalue weighted by molar-refractivity contribution is 0.320. The van der Waals surface area contributed by atoms with Gasteiger partial charge in [-0.25, -0.2) is 4.39 Å². The van der Waals surface area contributed by atoms with Gasteiger partial charge in [0.15, 0.2) is 0 Å².